The van der Waals surface area contributed by atoms with Crippen LogP contribution in [0.5, 0.6) is 0 Å². The number of aliphatic hydroxyl groups excluding tert-OH is 2. The Morgan fingerprint density at radius 1 is 1.23 bits per heavy atom. The van der Waals surface area contributed by atoms with Gasteiger partial charge in [0.05, 0.1) is 19.3 Å². The van der Waals surface area contributed by atoms with Gasteiger partial charge in [0.1, 0.15) is 0 Å². The molecule has 0 saturated carbocycles. The van der Waals surface area contributed by atoms with Crippen LogP contribution in [0.25, 0.3) is 0 Å². The molecule has 0 aliphatic rings. The summed E-state index contributed by atoms with van der Waals surface area (Å²) in [5.41, 5.74) is 0. The molecule has 0 rings (SSSR count). The minimum absolute atomic E-state index is 0.168. The van der Waals surface area contributed by atoms with Crippen molar-refractivity contribution < 1.29 is 23.8 Å². The lowest BCUT2D eigenvalue weighted by molar-refractivity contribution is 0.0516. The number of aliphatic hydroxyl groups is 2. The van der Waals surface area contributed by atoms with Gasteiger partial charge in [0.2, 0.25) is 0 Å². The van der Waals surface area contributed by atoms with Gasteiger partial charge in [0.25, 0.3) is 0 Å². The maximum atomic E-state index is 11.7. The molecule has 0 spiro atoms. The molecule has 6 heteroatoms. The molecule has 80 valence electrons. The molecule has 0 aromatic heterocycles. The maximum Gasteiger partial charge on any atom is 0.361 e. The highest BCUT2D eigenvalue weighted by atomic mass is 31.2. The number of hydrogen-bond donors (Lipinski definition) is 2. The van der Waals surface area contributed by atoms with E-state index in [2.05, 4.69) is 0 Å². The summed E-state index contributed by atoms with van der Waals surface area (Å²) in [5.74, 6) is -1.48. The third kappa shape index (κ3) is 3.75. The van der Waals surface area contributed by atoms with Gasteiger partial charge < -0.3 is 19.3 Å². The van der Waals surface area contributed by atoms with Crippen LogP contribution in [0.3, 0.4) is 0 Å². The molecule has 0 saturated heterocycles. The highest BCUT2D eigenvalue weighted by molar-refractivity contribution is 7.54. The van der Waals surface area contributed by atoms with Crippen LogP contribution in [0.2, 0.25) is 0 Å². The molecule has 2 N–H and O–H groups in total. The third-order valence-corrected chi connectivity index (χ3v) is 3.69. The van der Waals surface area contributed by atoms with Gasteiger partial charge in [0.15, 0.2) is 5.85 Å². The second-order valence-corrected chi connectivity index (χ2v) is 4.65. The van der Waals surface area contributed by atoms with Crippen LogP contribution in [0.15, 0.2) is 0 Å². The highest BCUT2D eigenvalue weighted by Gasteiger charge is 2.37. The third-order valence-electron chi connectivity index (χ3n) is 1.37. The van der Waals surface area contributed by atoms with E-state index >= 15 is 0 Å². The fourth-order valence-electron chi connectivity index (χ4n) is 0.814. The lowest BCUT2D eigenvalue weighted by atomic mass is 10.4. The van der Waals surface area contributed by atoms with Crippen LogP contribution in [0, 0.1) is 0 Å². The zero-order valence-electron chi connectivity index (χ0n) is 8.14. The van der Waals surface area contributed by atoms with Crippen LogP contribution in [0.4, 0.5) is 0 Å². The zero-order chi connectivity index (χ0) is 10.5. The summed E-state index contributed by atoms with van der Waals surface area (Å²) < 4.78 is 21.3. The minimum Gasteiger partial charge on any atom is -0.390 e. The summed E-state index contributed by atoms with van der Waals surface area (Å²) in [5, 5.41) is 18.4. The summed E-state index contributed by atoms with van der Waals surface area (Å²) >= 11 is 0. The molecule has 0 amide bonds. The molecule has 0 radical (unpaired) electrons. The molecule has 0 aromatic carbocycles. The van der Waals surface area contributed by atoms with Gasteiger partial charge in [-0.1, -0.05) is 0 Å². The Morgan fingerprint density at radius 2 is 1.62 bits per heavy atom. The first-order valence-electron chi connectivity index (χ1n) is 4.22. The fourth-order valence-corrected chi connectivity index (χ4v) is 2.44. The van der Waals surface area contributed by atoms with Crippen molar-refractivity contribution in [2.75, 3.05) is 13.2 Å². The summed E-state index contributed by atoms with van der Waals surface area (Å²) in [6, 6.07) is 0. The molecule has 0 aromatic rings. The molecule has 2 atom stereocenters. The van der Waals surface area contributed by atoms with E-state index in [1.165, 1.54) is 6.92 Å². The Kier molecular flexibility index (Phi) is 5.76. The van der Waals surface area contributed by atoms with Crippen molar-refractivity contribution in [1.82, 2.24) is 0 Å². The quantitative estimate of drug-likeness (QED) is 0.508. The van der Waals surface area contributed by atoms with Gasteiger partial charge in [-0.3, -0.25) is 4.57 Å². The van der Waals surface area contributed by atoms with Gasteiger partial charge in [-0.25, -0.2) is 0 Å². The van der Waals surface area contributed by atoms with Gasteiger partial charge in [-0.05, 0) is 20.8 Å². The molecule has 5 nitrogen and oxygen atoms in total. The Balaban J connectivity index is 4.47. The van der Waals surface area contributed by atoms with E-state index < -0.39 is 19.5 Å². The van der Waals surface area contributed by atoms with Gasteiger partial charge >= 0.3 is 7.60 Å². The van der Waals surface area contributed by atoms with Crippen LogP contribution in [0.1, 0.15) is 20.8 Å². The monoisotopic (exact) mass is 214 g/mol. The van der Waals surface area contributed by atoms with E-state index in [1.807, 2.05) is 0 Å². The average molecular weight is 214 g/mol. The first kappa shape index (κ1) is 13.1. The first-order valence-corrected chi connectivity index (χ1v) is 5.84. The normalized spacial score (nSPS) is 17.0. The van der Waals surface area contributed by atoms with Crippen LogP contribution in [-0.2, 0) is 13.6 Å². The molecular formula is C7H17O5P. The van der Waals surface area contributed by atoms with Crippen molar-refractivity contribution in [3.05, 3.63) is 0 Å². The SMILES string of the molecule is CCOP(=[18O])(OCC)[C@@H](O)[C@@H](C)O. The standard InChI is InChI=1S/C7H17O5P/c1-4-11-13(10,12-5-2)7(9)6(3)8/h6-9H,4-5H2,1-3H3/t6-,7-/m1/s1/i10+2. The van der Waals surface area contributed by atoms with Crippen molar-refractivity contribution in [3.8, 4) is 0 Å². The van der Waals surface area contributed by atoms with Crippen molar-refractivity contribution in [3.63, 3.8) is 0 Å². The molecule has 0 aliphatic heterocycles. The van der Waals surface area contributed by atoms with E-state index in [0.29, 0.717) is 0 Å². The molecule has 0 fully saturated rings. The Morgan fingerprint density at radius 3 is 1.85 bits per heavy atom. The largest absolute Gasteiger partial charge is 0.390 e. The zero-order valence-corrected chi connectivity index (χ0v) is 9.03. The lowest BCUT2D eigenvalue weighted by Crippen LogP contribution is -2.24. The minimum atomic E-state index is -3.56. The molecule has 0 bridgehead atoms. The number of rotatable bonds is 6. The lowest BCUT2D eigenvalue weighted by Gasteiger charge is -2.23. The van der Waals surface area contributed by atoms with E-state index in [4.69, 9.17) is 14.2 Å². The topological polar surface area (TPSA) is 76.0 Å². The summed E-state index contributed by atoms with van der Waals surface area (Å²) in [6.07, 6.45) is -1.14. The van der Waals surface area contributed by atoms with Gasteiger partial charge in [-0.15, -0.1) is 0 Å². The predicted octanol–water partition coefficient (Wildman–Crippen LogP) is 0.952. The van der Waals surface area contributed by atoms with Crippen molar-refractivity contribution in [1.29, 1.82) is 0 Å². The molecule has 0 unspecified atom stereocenters. The van der Waals surface area contributed by atoms with Crippen LogP contribution >= 0.6 is 7.60 Å². The molecule has 0 aliphatic carbocycles. The molecular weight excluding hydrogens is 197 g/mol. The fraction of sp³-hybridized carbons (Fsp3) is 1.00. The Labute approximate surface area is 78.2 Å². The van der Waals surface area contributed by atoms with Crippen LogP contribution < -0.4 is 0 Å². The van der Waals surface area contributed by atoms with E-state index in [0.717, 1.165) is 0 Å². The second-order valence-electron chi connectivity index (χ2n) is 2.53. The van der Waals surface area contributed by atoms with E-state index in [-0.39, 0.29) is 13.2 Å². The smallest absolute Gasteiger partial charge is 0.361 e. The van der Waals surface area contributed by atoms with Crippen LogP contribution in [-0.4, -0.2) is 35.4 Å². The summed E-state index contributed by atoms with van der Waals surface area (Å²) in [6.45, 7) is 4.94. The van der Waals surface area contributed by atoms with Gasteiger partial charge in [0, 0.05) is 0 Å². The number of hydrogen-bond acceptors (Lipinski definition) is 5. The van der Waals surface area contributed by atoms with E-state index in [9.17, 15) is 9.67 Å². The first-order chi connectivity index (χ1) is 5.98. The predicted molar refractivity (Wildman–Crippen MR) is 48.5 cm³/mol. The molecule has 13 heavy (non-hydrogen) atoms. The van der Waals surface area contributed by atoms with Crippen molar-refractivity contribution >= 4 is 7.60 Å². The summed E-state index contributed by atoms with van der Waals surface area (Å²) in [7, 11) is -3.56. The second kappa shape index (κ2) is 5.73. The summed E-state index contributed by atoms with van der Waals surface area (Å²) in [4.78, 5) is 0. The maximum absolute atomic E-state index is 11.7. The molecule has 0 heterocycles. The van der Waals surface area contributed by atoms with Gasteiger partial charge in [-0.2, -0.15) is 0 Å². The Hall–Kier alpha value is 0.0700. The Bertz CT molecular complexity index is 172. The highest BCUT2D eigenvalue weighted by Crippen LogP contribution is 2.52. The average Bonchev–Trinajstić information content (AvgIpc) is 2.03. The van der Waals surface area contributed by atoms with Crippen molar-refractivity contribution in [2.24, 2.45) is 0 Å². The van der Waals surface area contributed by atoms with Crippen molar-refractivity contribution in [2.45, 2.75) is 32.7 Å². The van der Waals surface area contributed by atoms with E-state index in [1.54, 1.807) is 13.8 Å².